The zero-order valence-electron chi connectivity index (χ0n) is 11.2. The van der Waals surface area contributed by atoms with Crippen molar-refractivity contribution in [1.82, 2.24) is 9.88 Å². The van der Waals surface area contributed by atoms with E-state index < -0.39 is 0 Å². The number of amides is 1. The molecule has 2 atom stereocenters. The molecule has 2 N–H and O–H groups in total. The monoisotopic (exact) mass is 259 g/mol. The molecule has 1 aliphatic heterocycles. The summed E-state index contributed by atoms with van der Waals surface area (Å²) in [6.07, 6.45) is 9.05. The lowest BCUT2D eigenvalue weighted by Gasteiger charge is -2.44. The minimum Gasteiger partial charge on any atom is -0.384 e. The first-order valence-electron chi connectivity index (χ1n) is 7.28. The Bertz CT molecular complexity index is 455. The average molecular weight is 259 g/mol. The van der Waals surface area contributed by atoms with Crippen molar-refractivity contribution in [1.29, 1.82) is 0 Å². The molecule has 1 aromatic heterocycles. The number of hydrogen-bond donors (Lipinski definition) is 1. The quantitative estimate of drug-likeness (QED) is 0.842. The van der Waals surface area contributed by atoms with Crippen LogP contribution >= 0.6 is 0 Å². The van der Waals surface area contributed by atoms with Gasteiger partial charge in [0.15, 0.2) is 0 Å². The fourth-order valence-electron chi connectivity index (χ4n) is 3.57. The maximum Gasteiger partial charge on any atom is 0.255 e. The molecule has 0 bridgehead atoms. The van der Waals surface area contributed by atoms with Crippen LogP contribution in [0.3, 0.4) is 0 Å². The summed E-state index contributed by atoms with van der Waals surface area (Å²) in [5.41, 5.74) is 6.24. The summed E-state index contributed by atoms with van der Waals surface area (Å²) in [5.74, 6) is 1.31. The predicted octanol–water partition coefficient (Wildman–Crippen LogP) is 2.46. The summed E-state index contributed by atoms with van der Waals surface area (Å²) >= 11 is 0. The van der Waals surface area contributed by atoms with E-state index in [2.05, 4.69) is 9.88 Å². The molecule has 2 heterocycles. The second-order valence-corrected chi connectivity index (χ2v) is 5.72. The van der Waals surface area contributed by atoms with Gasteiger partial charge in [0, 0.05) is 18.8 Å². The molecular formula is C15H21N3O. The van der Waals surface area contributed by atoms with E-state index in [0.29, 0.717) is 23.3 Å². The van der Waals surface area contributed by atoms with Crippen molar-refractivity contribution < 1.29 is 4.79 Å². The van der Waals surface area contributed by atoms with Gasteiger partial charge in [0.05, 0.1) is 5.56 Å². The molecule has 0 aromatic carbocycles. The third kappa shape index (κ3) is 2.44. The van der Waals surface area contributed by atoms with Gasteiger partial charge in [0.1, 0.15) is 5.82 Å². The Morgan fingerprint density at radius 1 is 1.21 bits per heavy atom. The Balaban J connectivity index is 1.79. The normalized spacial score (nSPS) is 26.8. The maximum atomic E-state index is 12.6. The van der Waals surface area contributed by atoms with Gasteiger partial charge in [0.25, 0.3) is 5.91 Å². The Morgan fingerprint density at radius 3 is 2.79 bits per heavy atom. The number of nitrogens with two attached hydrogens (primary N) is 1. The summed E-state index contributed by atoms with van der Waals surface area (Å²) in [5, 5.41) is 0. The summed E-state index contributed by atoms with van der Waals surface area (Å²) in [7, 11) is 0. The van der Waals surface area contributed by atoms with E-state index in [4.69, 9.17) is 5.73 Å². The van der Waals surface area contributed by atoms with Gasteiger partial charge in [-0.2, -0.15) is 0 Å². The standard InChI is InChI=1S/C15H21N3O/c16-14-8-7-12(10-17-14)15(19)18-9-3-5-11-4-1-2-6-13(11)18/h7-8,10-11,13H,1-6,9H2,(H2,16,17)/t11-,13-/m1/s1. The summed E-state index contributed by atoms with van der Waals surface area (Å²) < 4.78 is 0. The van der Waals surface area contributed by atoms with Gasteiger partial charge in [-0.15, -0.1) is 0 Å². The number of nitrogens with zero attached hydrogens (tertiary/aromatic N) is 2. The molecule has 0 unspecified atom stereocenters. The molecule has 1 saturated carbocycles. The molecule has 1 aromatic rings. The van der Waals surface area contributed by atoms with Gasteiger partial charge in [-0.3, -0.25) is 4.79 Å². The summed E-state index contributed by atoms with van der Waals surface area (Å²) in [4.78, 5) is 18.7. The summed E-state index contributed by atoms with van der Waals surface area (Å²) in [6.45, 7) is 0.893. The number of pyridine rings is 1. The first-order valence-corrected chi connectivity index (χ1v) is 7.28. The number of likely N-dealkylation sites (tertiary alicyclic amines) is 1. The molecular weight excluding hydrogens is 238 g/mol. The Kier molecular flexibility index (Phi) is 3.40. The molecule has 2 fully saturated rings. The van der Waals surface area contributed by atoms with E-state index >= 15 is 0 Å². The first-order chi connectivity index (χ1) is 9.25. The zero-order chi connectivity index (χ0) is 13.2. The second-order valence-electron chi connectivity index (χ2n) is 5.72. The highest BCUT2D eigenvalue weighted by Gasteiger charge is 2.35. The molecule has 2 aliphatic rings. The second kappa shape index (κ2) is 5.19. The van der Waals surface area contributed by atoms with E-state index in [1.54, 1.807) is 18.3 Å². The van der Waals surface area contributed by atoms with Gasteiger partial charge in [0.2, 0.25) is 0 Å². The van der Waals surface area contributed by atoms with E-state index in [1.165, 1.54) is 32.1 Å². The highest BCUT2D eigenvalue weighted by molar-refractivity contribution is 5.94. The lowest BCUT2D eigenvalue weighted by Crippen LogP contribution is -2.49. The molecule has 102 valence electrons. The molecule has 1 amide bonds. The van der Waals surface area contributed by atoms with Gasteiger partial charge in [-0.25, -0.2) is 4.98 Å². The number of hydrogen-bond acceptors (Lipinski definition) is 3. The molecule has 4 heteroatoms. The van der Waals surface area contributed by atoms with Crippen molar-refractivity contribution in [3.8, 4) is 0 Å². The third-order valence-electron chi connectivity index (χ3n) is 4.54. The Morgan fingerprint density at radius 2 is 2.00 bits per heavy atom. The number of nitrogen functional groups attached to an aromatic ring is 1. The van der Waals surface area contributed by atoms with Crippen LogP contribution in [0.1, 0.15) is 48.9 Å². The minimum absolute atomic E-state index is 0.129. The molecule has 19 heavy (non-hydrogen) atoms. The number of anilines is 1. The van der Waals surface area contributed by atoms with Crippen LogP contribution in [0.25, 0.3) is 0 Å². The predicted molar refractivity (Wildman–Crippen MR) is 74.7 cm³/mol. The number of aromatic nitrogens is 1. The Labute approximate surface area is 114 Å². The van der Waals surface area contributed by atoms with Gasteiger partial charge >= 0.3 is 0 Å². The van der Waals surface area contributed by atoms with Crippen LogP contribution in [0.5, 0.6) is 0 Å². The van der Waals surface area contributed by atoms with Crippen molar-refractivity contribution in [3.63, 3.8) is 0 Å². The fraction of sp³-hybridized carbons (Fsp3) is 0.600. The molecule has 1 saturated heterocycles. The Hall–Kier alpha value is -1.58. The number of piperidine rings is 1. The van der Waals surface area contributed by atoms with Crippen molar-refractivity contribution in [3.05, 3.63) is 23.9 Å². The number of carbonyl (C=O) groups excluding carboxylic acids is 1. The molecule has 4 nitrogen and oxygen atoms in total. The molecule has 1 aliphatic carbocycles. The van der Waals surface area contributed by atoms with Gasteiger partial charge < -0.3 is 10.6 Å². The van der Waals surface area contributed by atoms with Crippen LogP contribution in [-0.4, -0.2) is 28.4 Å². The molecule has 0 radical (unpaired) electrons. The van der Waals surface area contributed by atoms with Crippen LogP contribution in [0, 0.1) is 5.92 Å². The number of fused-ring (bicyclic) bond motifs is 1. The molecule has 3 rings (SSSR count). The van der Waals surface area contributed by atoms with E-state index in [0.717, 1.165) is 13.0 Å². The molecule has 0 spiro atoms. The topological polar surface area (TPSA) is 59.2 Å². The third-order valence-corrected chi connectivity index (χ3v) is 4.54. The van der Waals surface area contributed by atoms with E-state index in [9.17, 15) is 4.79 Å². The van der Waals surface area contributed by atoms with Crippen molar-refractivity contribution >= 4 is 11.7 Å². The zero-order valence-corrected chi connectivity index (χ0v) is 11.2. The maximum absolute atomic E-state index is 12.6. The van der Waals surface area contributed by atoms with Crippen LogP contribution < -0.4 is 5.73 Å². The van der Waals surface area contributed by atoms with Crippen molar-refractivity contribution in [2.75, 3.05) is 12.3 Å². The number of rotatable bonds is 1. The van der Waals surface area contributed by atoms with Crippen LogP contribution in [0.2, 0.25) is 0 Å². The van der Waals surface area contributed by atoms with Gasteiger partial charge in [-0.05, 0) is 43.7 Å². The van der Waals surface area contributed by atoms with Crippen LogP contribution in [0.4, 0.5) is 5.82 Å². The smallest absolute Gasteiger partial charge is 0.255 e. The first kappa shape index (κ1) is 12.5. The number of carbonyl (C=O) groups is 1. The van der Waals surface area contributed by atoms with Crippen molar-refractivity contribution in [2.45, 2.75) is 44.6 Å². The SMILES string of the molecule is Nc1ccc(C(=O)N2CCC[C@H]3CCCC[C@H]32)cn1. The van der Waals surface area contributed by atoms with E-state index in [1.807, 2.05) is 0 Å². The van der Waals surface area contributed by atoms with Crippen molar-refractivity contribution in [2.24, 2.45) is 5.92 Å². The lowest BCUT2D eigenvalue weighted by atomic mass is 9.78. The highest BCUT2D eigenvalue weighted by atomic mass is 16.2. The van der Waals surface area contributed by atoms with Crippen LogP contribution in [0.15, 0.2) is 18.3 Å². The highest BCUT2D eigenvalue weighted by Crippen LogP contribution is 2.35. The van der Waals surface area contributed by atoms with E-state index in [-0.39, 0.29) is 5.91 Å². The fourth-order valence-corrected chi connectivity index (χ4v) is 3.57. The van der Waals surface area contributed by atoms with Gasteiger partial charge in [-0.1, -0.05) is 12.8 Å². The largest absolute Gasteiger partial charge is 0.384 e. The lowest BCUT2D eigenvalue weighted by molar-refractivity contribution is 0.0390. The van der Waals surface area contributed by atoms with Crippen LogP contribution in [-0.2, 0) is 0 Å². The summed E-state index contributed by atoms with van der Waals surface area (Å²) in [6, 6.07) is 3.94. The minimum atomic E-state index is 0.129. The average Bonchev–Trinajstić information content (AvgIpc) is 2.47.